The highest BCUT2D eigenvalue weighted by atomic mass is 16.5. The number of rotatable bonds is 3. The minimum Gasteiger partial charge on any atom is -0.489 e. The summed E-state index contributed by atoms with van der Waals surface area (Å²) >= 11 is 0. The molecule has 0 saturated carbocycles. The number of nitrogens with one attached hydrogen (secondary N) is 1. The summed E-state index contributed by atoms with van der Waals surface area (Å²) < 4.78 is 5.85. The lowest BCUT2D eigenvalue weighted by Gasteiger charge is -2.10. The Balaban J connectivity index is 1.77. The van der Waals surface area contributed by atoms with E-state index in [2.05, 4.69) is 17.2 Å². The van der Waals surface area contributed by atoms with Crippen LogP contribution in [0, 0.1) is 0 Å². The molecule has 1 aromatic carbocycles. The van der Waals surface area contributed by atoms with Gasteiger partial charge in [-0.15, -0.1) is 0 Å². The van der Waals surface area contributed by atoms with Crippen LogP contribution in [0.3, 0.4) is 0 Å². The van der Waals surface area contributed by atoms with Gasteiger partial charge in [-0.1, -0.05) is 25.1 Å². The molecule has 1 aliphatic rings. The number of carbonyl (C=O) groups excluding carboxylic acids is 1. The molecule has 2 aromatic rings. The Morgan fingerprint density at radius 1 is 1.24 bits per heavy atom. The van der Waals surface area contributed by atoms with E-state index in [0.717, 1.165) is 17.0 Å². The lowest BCUT2D eigenvalue weighted by Crippen LogP contribution is -2.23. The number of para-hydroxylation sites is 1. The predicted octanol–water partition coefficient (Wildman–Crippen LogP) is 2.90. The maximum absolute atomic E-state index is 12.4. The minimum absolute atomic E-state index is 0.102. The van der Waals surface area contributed by atoms with E-state index < -0.39 is 0 Å². The van der Waals surface area contributed by atoms with E-state index in [1.807, 2.05) is 37.3 Å². The lowest BCUT2D eigenvalue weighted by atomic mass is 9.97. The Hall–Kier alpha value is -2.36. The van der Waals surface area contributed by atoms with E-state index in [9.17, 15) is 4.79 Å². The van der Waals surface area contributed by atoms with Crippen LogP contribution in [0.25, 0.3) is 0 Å². The third-order valence-electron chi connectivity index (χ3n) is 3.94. The molecule has 0 spiro atoms. The second kappa shape index (κ2) is 5.56. The van der Waals surface area contributed by atoms with Crippen molar-refractivity contribution in [2.24, 2.45) is 0 Å². The molecule has 0 aliphatic carbocycles. The first-order valence-corrected chi connectivity index (χ1v) is 7.14. The zero-order valence-electron chi connectivity index (χ0n) is 12.2. The van der Waals surface area contributed by atoms with E-state index in [1.165, 1.54) is 0 Å². The van der Waals surface area contributed by atoms with Crippen molar-refractivity contribution in [2.75, 3.05) is 0 Å². The van der Waals surface area contributed by atoms with Gasteiger partial charge in [-0.3, -0.25) is 9.78 Å². The van der Waals surface area contributed by atoms with Crippen LogP contribution in [0.5, 0.6) is 5.75 Å². The van der Waals surface area contributed by atoms with Crippen LogP contribution in [-0.4, -0.2) is 17.0 Å². The number of fused-ring (bicyclic) bond motifs is 1. The zero-order valence-corrected chi connectivity index (χ0v) is 12.2. The summed E-state index contributed by atoms with van der Waals surface area (Å²) in [5.41, 5.74) is 2.54. The van der Waals surface area contributed by atoms with Crippen molar-refractivity contribution < 1.29 is 9.53 Å². The molecule has 4 nitrogen and oxygen atoms in total. The van der Waals surface area contributed by atoms with Crippen LogP contribution >= 0.6 is 0 Å². The van der Waals surface area contributed by atoms with Crippen LogP contribution in [0.1, 0.15) is 41.4 Å². The van der Waals surface area contributed by atoms with Crippen LogP contribution < -0.4 is 10.1 Å². The van der Waals surface area contributed by atoms with Crippen molar-refractivity contribution in [3.05, 3.63) is 59.4 Å². The van der Waals surface area contributed by atoms with Gasteiger partial charge in [0, 0.05) is 17.7 Å². The first kappa shape index (κ1) is 13.6. The van der Waals surface area contributed by atoms with Crippen molar-refractivity contribution in [3.8, 4) is 5.75 Å². The topological polar surface area (TPSA) is 51.2 Å². The maximum Gasteiger partial charge on any atom is 0.255 e. The number of aromatic nitrogens is 1. The average molecular weight is 282 g/mol. The molecule has 1 aromatic heterocycles. The van der Waals surface area contributed by atoms with E-state index >= 15 is 0 Å². The van der Waals surface area contributed by atoms with Crippen molar-refractivity contribution >= 4 is 5.91 Å². The standard InChI is InChI=1S/C17H18N2O2/c1-11-12(2)21-16-14(11)7-5-8-15(16)17(20)19-10-13-6-3-4-9-18-13/h3-9,11-12H,10H2,1-2H3,(H,19,20). The Labute approximate surface area is 124 Å². The lowest BCUT2D eigenvalue weighted by molar-refractivity contribution is 0.0945. The second-order valence-electron chi connectivity index (χ2n) is 5.34. The van der Waals surface area contributed by atoms with Gasteiger partial charge in [-0.05, 0) is 25.1 Å². The van der Waals surface area contributed by atoms with Gasteiger partial charge in [-0.2, -0.15) is 0 Å². The van der Waals surface area contributed by atoms with Gasteiger partial charge in [0.2, 0.25) is 0 Å². The molecule has 0 fully saturated rings. The molecule has 2 unspecified atom stereocenters. The van der Waals surface area contributed by atoms with Gasteiger partial charge in [0.15, 0.2) is 0 Å². The van der Waals surface area contributed by atoms with Gasteiger partial charge in [0.1, 0.15) is 11.9 Å². The van der Waals surface area contributed by atoms with Gasteiger partial charge in [0.05, 0.1) is 17.8 Å². The first-order chi connectivity index (χ1) is 10.2. The van der Waals surface area contributed by atoms with E-state index in [-0.39, 0.29) is 12.0 Å². The molecule has 0 saturated heterocycles. The van der Waals surface area contributed by atoms with Crippen LogP contribution in [0.15, 0.2) is 42.6 Å². The highest BCUT2D eigenvalue weighted by Crippen LogP contribution is 2.40. The molecule has 1 amide bonds. The van der Waals surface area contributed by atoms with Crippen LogP contribution in [0.4, 0.5) is 0 Å². The number of benzene rings is 1. The summed E-state index contributed by atoms with van der Waals surface area (Å²) in [6, 6.07) is 11.4. The first-order valence-electron chi connectivity index (χ1n) is 7.14. The number of amides is 1. The summed E-state index contributed by atoms with van der Waals surface area (Å²) in [7, 11) is 0. The van der Waals surface area contributed by atoms with Crippen molar-refractivity contribution in [3.63, 3.8) is 0 Å². The number of pyridine rings is 1. The molecule has 2 atom stereocenters. The molecule has 108 valence electrons. The van der Waals surface area contributed by atoms with Crippen molar-refractivity contribution in [2.45, 2.75) is 32.4 Å². The molecule has 1 N–H and O–H groups in total. The molecule has 1 aliphatic heterocycles. The van der Waals surface area contributed by atoms with Gasteiger partial charge in [0.25, 0.3) is 5.91 Å². The minimum atomic E-state index is -0.126. The van der Waals surface area contributed by atoms with Crippen LogP contribution in [-0.2, 0) is 6.54 Å². The summed E-state index contributed by atoms with van der Waals surface area (Å²) in [5.74, 6) is 0.901. The third kappa shape index (κ3) is 2.61. The van der Waals surface area contributed by atoms with Crippen LogP contribution in [0.2, 0.25) is 0 Å². The SMILES string of the molecule is CC1Oc2c(C(=O)NCc3ccccn3)cccc2C1C. The molecule has 4 heteroatoms. The third-order valence-corrected chi connectivity index (χ3v) is 3.94. The second-order valence-corrected chi connectivity index (χ2v) is 5.34. The summed E-state index contributed by atoms with van der Waals surface area (Å²) in [6.45, 7) is 4.56. The van der Waals surface area contributed by atoms with E-state index in [0.29, 0.717) is 18.0 Å². The Morgan fingerprint density at radius 3 is 2.86 bits per heavy atom. The number of nitrogens with zero attached hydrogens (tertiary/aromatic N) is 1. The Bertz CT molecular complexity index is 655. The number of carbonyl (C=O) groups is 1. The van der Waals surface area contributed by atoms with Gasteiger partial charge < -0.3 is 10.1 Å². The highest BCUT2D eigenvalue weighted by molar-refractivity contribution is 5.97. The predicted molar refractivity (Wildman–Crippen MR) is 80.4 cm³/mol. The van der Waals surface area contributed by atoms with E-state index in [1.54, 1.807) is 12.3 Å². The highest BCUT2D eigenvalue weighted by Gasteiger charge is 2.30. The summed E-state index contributed by atoms with van der Waals surface area (Å²) in [5, 5.41) is 2.89. The number of hydrogen-bond donors (Lipinski definition) is 1. The largest absolute Gasteiger partial charge is 0.489 e. The monoisotopic (exact) mass is 282 g/mol. The fourth-order valence-electron chi connectivity index (χ4n) is 2.53. The van der Waals surface area contributed by atoms with Crippen molar-refractivity contribution in [1.29, 1.82) is 0 Å². The molecule has 0 bridgehead atoms. The fraction of sp³-hybridized carbons (Fsp3) is 0.294. The molecule has 3 rings (SSSR count). The molecule has 21 heavy (non-hydrogen) atoms. The smallest absolute Gasteiger partial charge is 0.255 e. The van der Waals surface area contributed by atoms with Gasteiger partial charge in [-0.25, -0.2) is 0 Å². The Morgan fingerprint density at radius 2 is 2.10 bits per heavy atom. The van der Waals surface area contributed by atoms with Gasteiger partial charge >= 0.3 is 0 Å². The fourth-order valence-corrected chi connectivity index (χ4v) is 2.53. The molecular weight excluding hydrogens is 264 g/mol. The maximum atomic E-state index is 12.4. The molecular formula is C17H18N2O2. The Kier molecular flexibility index (Phi) is 3.60. The number of ether oxygens (including phenoxy) is 1. The summed E-state index contributed by atoms with van der Waals surface area (Å²) in [6.07, 6.45) is 1.82. The molecule has 2 heterocycles. The summed E-state index contributed by atoms with van der Waals surface area (Å²) in [4.78, 5) is 16.6. The van der Waals surface area contributed by atoms with Crippen molar-refractivity contribution in [1.82, 2.24) is 10.3 Å². The normalized spacial score (nSPS) is 19.7. The number of hydrogen-bond acceptors (Lipinski definition) is 3. The van der Waals surface area contributed by atoms with E-state index in [4.69, 9.17) is 4.74 Å². The zero-order chi connectivity index (χ0) is 14.8. The quantitative estimate of drug-likeness (QED) is 0.941. The average Bonchev–Trinajstić information content (AvgIpc) is 2.81. The molecule has 0 radical (unpaired) electrons.